The molecule has 0 aliphatic carbocycles. The van der Waals surface area contributed by atoms with E-state index in [1.165, 1.54) is 0 Å². The maximum Gasteiger partial charge on any atom is 0.209 e. The van der Waals surface area contributed by atoms with Crippen LogP contribution in [0.4, 0.5) is 0 Å². The average Bonchev–Trinajstić information content (AvgIpc) is 2.84. The maximum absolute atomic E-state index is 14.4. The van der Waals surface area contributed by atoms with Gasteiger partial charge in [-0.2, -0.15) is 0 Å². The monoisotopic (exact) mass is 442 g/mol. The van der Waals surface area contributed by atoms with Gasteiger partial charge in [-0.1, -0.05) is 60.7 Å². The van der Waals surface area contributed by atoms with E-state index in [1.54, 1.807) is 60.7 Å². The number of hydrogen-bond donors (Lipinski definition) is 0. The number of hydrazine groups is 2. The molecule has 2 fully saturated rings. The van der Waals surface area contributed by atoms with Gasteiger partial charge in [0.05, 0.1) is 13.2 Å². The van der Waals surface area contributed by atoms with Gasteiger partial charge in [0.15, 0.2) is 21.3 Å². The van der Waals surface area contributed by atoms with Crippen LogP contribution < -0.4 is 0 Å². The fourth-order valence-electron chi connectivity index (χ4n) is 4.32. The normalized spacial score (nSPS) is 25.9. The van der Waals surface area contributed by atoms with Gasteiger partial charge in [-0.15, -0.1) is 10.0 Å². The molecule has 0 spiro atoms. The molecule has 0 amide bonds. The van der Waals surface area contributed by atoms with Crippen molar-refractivity contribution >= 4 is 5.78 Å². The van der Waals surface area contributed by atoms with E-state index >= 15 is 0 Å². The zero-order chi connectivity index (χ0) is 22.8. The number of ketones is 1. The van der Waals surface area contributed by atoms with Crippen LogP contribution >= 0.6 is 0 Å². The van der Waals surface area contributed by atoms with Gasteiger partial charge in [0, 0.05) is 0 Å². The highest BCUT2D eigenvalue weighted by Gasteiger charge is 2.60. The predicted octanol–water partition coefficient (Wildman–Crippen LogP) is 1.39. The molecule has 4 rings (SSSR count). The van der Waals surface area contributed by atoms with Crippen molar-refractivity contribution in [2.75, 3.05) is 39.4 Å². The number of ether oxygens (including phenoxy) is 2. The topological polar surface area (TPSA) is 128 Å². The van der Waals surface area contributed by atoms with Gasteiger partial charge in [0.1, 0.15) is 26.2 Å². The summed E-state index contributed by atoms with van der Waals surface area (Å²) < 4.78 is 12.1. The molecule has 0 aromatic heterocycles. The van der Waals surface area contributed by atoms with Crippen molar-refractivity contribution in [3.63, 3.8) is 0 Å². The van der Waals surface area contributed by atoms with Crippen LogP contribution in [-0.4, -0.2) is 65.3 Å². The van der Waals surface area contributed by atoms with Crippen LogP contribution in [0.5, 0.6) is 0 Å². The summed E-state index contributed by atoms with van der Waals surface area (Å²) in [5.41, 5.74) is -2.65. The molecule has 2 unspecified atom stereocenters. The van der Waals surface area contributed by atoms with Crippen molar-refractivity contribution in [3.05, 3.63) is 92.0 Å². The highest BCUT2D eigenvalue weighted by Crippen LogP contribution is 2.42. The van der Waals surface area contributed by atoms with Crippen LogP contribution in [0.3, 0.4) is 0 Å². The minimum atomic E-state index is -1.75. The Hall–Kier alpha value is -3.57. The number of benzene rings is 2. The van der Waals surface area contributed by atoms with E-state index in [4.69, 9.17) is 9.47 Å². The summed E-state index contributed by atoms with van der Waals surface area (Å²) >= 11 is 0. The summed E-state index contributed by atoms with van der Waals surface area (Å²) in [7, 11) is 0. The number of carbonyl (C=O) groups is 1. The molecule has 2 aromatic rings. The Balaban J connectivity index is 1.88. The SMILES string of the molecule is O=C(C1(c2ccccc2)CN([N+](=O)[O-])CCO1)C1(c2ccccc2)CN([N+](=O)[O-])CCO1. The molecule has 11 heteroatoms. The Labute approximate surface area is 183 Å². The van der Waals surface area contributed by atoms with Crippen molar-refractivity contribution in [1.82, 2.24) is 10.0 Å². The lowest BCUT2D eigenvalue weighted by atomic mass is 9.75. The van der Waals surface area contributed by atoms with E-state index < -0.39 is 27.0 Å². The van der Waals surface area contributed by atoms with E-state index in [1.807, 2.05) is 0 Å². The molecular weight excluding hydrogens is 420 g/mol. The molecule has 0 N–H and O–H groups in total. The van der Waals surface area contributed by atoms with Gasteiger partial charge in [0.25, 0.3) is 0 Å². The number of hydrogen-bond acceptors (Lipinski definition) is 7. The molecule has 168 valence electrons. The molecular formula is C21H22N4O7. The summed E-state index contributed by atoms with van der Waals surface area (Å²) in [6.07, 6.45) is 0. The van der Waals surface area contributed by atoms with Crippen LogP contribution in [0.1, 0.15) is 11.1 Å². The van der Waals surface area contributed by atoms with E-state index in [0.717, 1.165) is 10.0 Å². The van der Waals surface area contributed by atoms with Gasteiger partial charge >= 0.3 is 0 Å². The van der Waals surface area contributed by atoms with Crippen LogP contribution in [0, 0.1) is 20.2 Å². The first-order chi connectivity index (χ1) is 15.4. The van der Waals surface area contributed by atoms with E-state index in [-0.39, 0.29) is 39.4 Å². The Kier molecular flexibility index (Phi) is 5.76. The fraction of sp³-hybridized carbons (Fsp3) is 0.381. The predicted molar refractivity (Wildman–Crippen MR) is 110 cm³/mol. The van der Waals surface area contributed by atoms with E-state index in [0.29, 0.717) is 11.1 Å². The minimum absolute atomic E-state index is 0.00901. The molecule has 2 aliphatic heterocycles. The second-order valence-electron chi connectivity index (χ2n) is 7.66. The zero-order valence-corrected chi connectivity index (χ0v) is 17.2. The summed E-state index contributed by atoms with van der Waals surface area (Å²) in [5.74, 6) is -0.611. The third-order valence-electron chi connectivity index (χ3n) is 5.88. The maximum atomic E-state index is 14.4. The van der Waals surface area contributed by atoms with Crippen molar-refractivity contribution < 1.29 is 24.3 Å². The second kappa shape index (κ2) is 8.52. The first-order valence-corrected chi connectivity index (χ1v) is 10.1. The highest BCUT2D eigenvalue weighted by molar-refractivity contribution is 5.97. The van der Waals surface area contributed by atoms with Crippen LogP contribution in [0.2, 0.25) is 0 Å². The standard InChI is InChI=1S/C21H22N4O7/c26-19(20(17-7-3-1-4-8-17)15-22(24(27)28)11-13-31-20)21(18-9-5-2-6-10-18)16-23(25(29)30)12-14-32-21/h1-10H,11-16H2. The molecule has 0 radical (unpaired) electrons. The van der Waals surface area contributed by atoms with E-state index in [2.05, 4.69) is 0 Å². The number of carbonyl (C=O) groups excluding carboxylic acids is 1. The van der Waals surface area contributed by atoms with Gasteiger partial charge < -0.3 is 9.47 Å². The number of Topliss-reactive ketones (excluding diaryl/α,β-unsaturated/α-hetero) is 1. The molecule has 0 saturated carbocycles. The quantitative estimate of drug-likeness (QED) is 0.481. The molecule has 2 heterocycles. The zero-order valence-electron chi connectivity index (χ0n) is 17.2. The Morgan fingerprint density at radius 3 is 1.47 bits per heavy atom. The first kappa shape index (κ1) is 21.7. The van der Waals surface area contributed by atoms with Gasteiger partial charge in [-0.25, -0.2) is 20.2 Å². The largest absolute Gasteiger partial charge is 0.358 e. The number of rotatable bonds is 6. The lowest BCUT2D eigenvalue weighted by molar-refractivity contribution is -0.665. The van der Waals surface area contributed by atoms with Gasteiger partial charge in [0.2, 0.25) is 5.78 Å². The van der Waals surface area contributed by atoms with E-state index in [9.17, 15) is 25.0 Å². The fourth-order valence-corrected chi connectivity index (χ4v) is 4.32. The van der Waals surface area contributed by atoms with Gasteiger partial charge in [-0.05, 0) is 11.1 Å². The minimum Gasteiger partial charge on any atom is -0.358 e. The lowest BCUT2D eigenvalue weighted by Gasteiger charge is -2.46. The highest BCUT2D eigenvalue weighted by atomic mass is 16.7. The van der Waals surface area contributed by atoms with Crippen LogP contribution in [0.25, 0.3) is 0 Å². The van der Waals surface area contributed by atoms with Crippen molar-refractivity contribution in [3.8, 4) is 0 Å². The first-order valence-electron chi connectivity index (χ1n) is 10.1. The molecule has 2 saturated heterocycles. The average molecular weight is 442 g/mol. The Morgan fingerprint density at radius 1 is 0.750 bits per heavy atom. The lowest BCUT2D eigenvalue weighted by Crippen LogP contribution is -2.65. The van der Waals surface area contributed by atoms with Crippen molar-refractivity contribution in [2.45, 2.75) is 11.2 Å². The van der Waals surface area contributed by atoms with Crippen molar-refractivity contribution in [2.24, 2.45) is 0 Å². The summed E-state index contributed by atoms with van der Waals surface area (Å²) in [4.78, 5) is 37.6. The molecule has 0 bridgehead atoms. The Bertz CT molecular complexity index is 926. The second-order valence-corrected chi connectivity index (χ2v) is 7.66. The summed E-state index contributed by atoms with van der Waals surface area (Å²) in [5, 5.41) is 23.9. The number of morpholine rings is 2. The molecule has 11 nitrogen and oxygen atoms in total. The third kappa shape index (κ3) is 3.65. The summed E-state index contributed by atoms with van der Waals surface area (Å²) in [6, 6.07) is 17.0. The molecule has 2 aromatic carbocycles. The number of nitrogens with zero attached hydrogens (tertiary/aromatic N) is 4. The molecule has 2 atom stereocenters. The Morgan fingerprint density at radius 2 is 1.12 bits per heavy atom. The smallest absolute Gasteiger partial charge is 0.209 e. The van der Waals surface area contributed by atoms with Crippen LogP contribution in [-0.2, 0) is 25.5 Å². The molecule has 2 aliphatic rings. The number of nitro groups is 2. The van der Waals surface area contributed by atoms with Crippen LogP contribution in [0.15, 0.2) is 60.7 Å². The van der Waals surface area contributed by atoms with Gasteiger partial charge in [-0.3, -0.25) is 4.79 Å². The van der Waals surface area contributed by atoms with Crippen molar-refractivity contribution in [1.29, 1.82) is 0 Å². The summed E-state index contributed by atoms with van der Waals surface area (Å²) in [6.45, 7) is -0.806. The molecule has 32 heavy (non-hydrogen) atoms. The third-order valence-corrected chi connectivity index (χ3v) is 5.88.